The summed E-state index contributed by atoms with van der Waals surface area (Å²) in [5, 5.41) is 1.10. The van der Waals surface area contributed by atoms with Crippen LogP contribution in [0.1, 0.15) is 5.56 Å². The van der Waals surface area contributed by atoms with Crippen molar-refractivity contribution in [2.24, 2.45) is 16.5 Å². The molecule has 1 aromatic heterocycles. The molecule has 0 atom stereocenters. The lowest BCUT2D eigenvalue weighted by Crippen LogP contribution is -2.23. The molecule has 0 fully saturated rings. The van der Waals surface area contributed by atoms with E-state index in [1.807, 2.05) is 24.4 Å². The molecule has 0 saturated heterocycles. The average Bonchev–Trinajstić information content (AvgIpc) is 2.72. The molecule has 2 rings (SSSR count). The van der Waals surface area contributed by atoms with Crippen molar-refractivity contribution in [3.63, 3.8) is 0 Å². The summed E-state index contributed by atoms with van der Waals surface area (Å²) in [6.45, 7) is 0.577. The molecule has 1 heterocycles. The summed E-state index contributed by atoms with van der Waals surface area (Å²) in [4.78, 5) is 7.19. The first kappa shape index (κ1) is 14.6. The van der Waals surface area contributed by atoms with Gasteiger partial charge in [0.25, 0.3) is 0 Å². The number of nitrogens with two attached hydrogens (primary N) is 2. The van der Waals surface area contributed by atoms with Gasteiger partial charge in [-0.05, 0) is 24.1 Å². The number of hydrogen-bond acceptors (Lipinski definition) is 2. The van der Waals surface area contributed by atoms with Crippen molar-refractivity contribution in [1.29, 1.82) is 0 Å². The lowest BCUT2D eigenvalue weighted by atomic mass is 10.1. The third-order valence-corrected chi connectivity index (χ3v) is 2.64. The van der Waals surface area contributed by atoms with E-state index >= 15 is 0 Å². The van der Waals surface area contributed by atoms with Gasteiger partial charge in [-0.2, -0.15) is 0 Å². The number of guanidine groups is 1. The minimum atomic E-state index is 0. The predicted molar refractivity (Wildman–Crippen MR) is 84.6 cm³/mol. The van der Waals surface area contributed by atoms with E-state index in [0.29, 0.717) is 6.54 Å². The number of nitrogens with one attached hydrogen (secondary N) is 1. The van der Waals surface area contributed by atoms with Crippen LogP contribution in [0.4, 0.5) is 0 Å². The van der Waals surface area contributed by atoms with Gasteiger partial charge >= 0.3 is 0 Å². The first-order valence-corrected chi connectivity index (χ1v) is 5.40. The number of H-pyrrole nitrogens is 1. The van der Waals surface area contributed by atoms with Gasteiger partial charge in [0.1, 0.15) is 5.75 Å². The van der Waals surface area contributed by atoms with Crippen LogP contribution < -0.4 is 16.2 Å². The maximum Gasteiger partial charge on any atom is 0.185 e. The zero-order valence-electron chi connectivity index (χ0n) is 10.1. The van der Waals surface area contributed by atoms with Crippen molar-refractivity contribution in [2.45, 2.75) is 6.42 Å². The highest BCUT2D eigenvalue weighted by Gasteiger charge is 2.08. The van der Waals surface area contributed by atoms with Crippen molar-refractivity contribution in [1.82, 2.24) is 4.98 Å². The Hall–Kier alpha value is -1.44. The SMILES string of the molecule is COc1cccc2[nH]cc(CCN=C(N)N)c12.I. The van der Waals surface area contributed by atoms with E-state index in [9.17, 15) is 0 Å². The standard InChI is InChI=1S/C12H16N4O.HI/c1-17-10-4-2-3-9-11(10)8(7-16-9)5-6-15-12(13)14;/h2-4,7,16H,5-6H2,1H3,(H4,13,14,15);1H. The Balaban J connectivity index is 0.00000162. The molecule has 1 aromatic carbocycles. The number of hydrogen-bond donors (Lipinski definition) is 3. The fraction of sp³-hybridized carbons (Fsp3) is 0.250. The van der Waals surface area contributed by atoms with Crippen LogP contribution in [0.2, 0.25) is 0 Å². The largest absolute Gasteiger partial charge is 0.496 e. The van der Waals surface area contributed by atoms with E-state index in [2.05, 4.69) is 9.98 Å². The first-order valence-electron chi connectivity index (χ1n) is 5.40. The van der Waals surface area contributed by atoms with Crippen LogP contribution in [-0.4, -0.2) is 24.6 Å². The topological polar surface area (TPSA) is 89.4 Å². The highest BCUT2D eigenvalue weighted by atomic mass is 127. The number of aromatic amines is 1. The summed E-state index contributed by atoms with van der Waals surface area (Å²) in [6.07, 6.45) is 2.74. The molecular weight excluding hydrogens is 343 g/mol. The van der Waals surface area contributed by atoms with Crippen LogP contribution in [-0.2, 0) is 6.42 Å². The monoisotopic (exact) mass is 360 g/mol. The van der Waals surface area contributed by atoms with Crippen LogP contribution in [0.25, 0.3) is 10.9 Å². The second kappa shape index (κ2) is 6.48. The summed E-state index contributed by atoms with van der Waals surface area (Å²) in [5.74, 6) is 0.986. The van der Waals surface area contributed by atoms with E-state index in [4.69, 9.17) is 16.2 Å². The Bertz CT molecular complexity index is 546. The van der Waals surface area contributed by atoms with Crippen LogP contribution in [0.15, 0.2) is 29.4 Å². The minimum Gasteiger partial charge on any atom is -0.496 e. The van der Waals surface area contributed by atoms with Gasteiger partial charge in [0.15, 0.2) is 5.96 Å². The molecule has 5 N–H and O–H groups in total. The zero-order chi connectivity index (χ0) is 12.3. The Morgan fingerprint density at radius 3 is 2.83 bits per heavy atom. The van der Waals surface area contributed by atoms with Crippen LogP contribution in [0, 0.1) is 0 Å². The number of halogens is 1. The van der Waals surface area contributed by atoms with Gasteiger partial charge in [-0.3, -0.25) is 4.99 Å². The molecule has 5 nitrogen and oxygen atoms in total. The molecule has 0 aliphatic carbocycles. The molecule has 98 valence electrons. The normalized spacial score (nSPS) is 9.83. The van der Waals surface area contributed by atoms with Gasteiger partial charge in [-0.15, -0.1) is 24.0 Å². The van der Waals surface area contributed by atoms with Gasteiger partial charge in [0, 0.05) is 23.6 Å². The molecule has 0 amide bonds. The summed E-state index contributed by atoms with van der Waals surface area (Å²) in [5.41, 5.74) is 12.8. The summed E-state index contributed by atoms with van der Waals surface area (Å²) >= 11 is 0. The molecule has 0 saturated carbocycles. The smallest absolute Gasteiger partial charge is 0.185 e. The summed E-state index contributed by atoms with van der Waals surface area (Å²) in [7, 11) is 1.67. The van der Waals surface area contributed by atoms with Gasteiger partial charge in [-0.1, -0.05) is 6.07 Å². The van der Waals surface area contributed by atoms with Gasteiger partial charge in [-0.25, -0.2) is 0 Å². The van der Waals surface area contributed by atoms with Crippen LogP contribution in [0.5, 0.6) is 5.75 Å². The molecule has 6 heteroatoms. The van der Waals surface area contributed by atoms with E-state index in [1.165, 1.54) is 0 Å². The average molecular weight is 360 g/mol. The Morgan fingerprint density at radius 2 is 2.17 bits per heavy atom. The molecule has 0 radical (unpaired) electrons. The van der Waals surface area contributed by atoms with E-state index in [-0.39, 0.29) is 29.9 Å². The third kappa shape index (κ3) is 3.06. The second-order valence-corrected chi connectivity index (χ2v) is 3.75. The molecule has 0 bridgehead atoms. The number of rotatable bonds is 4. The number of nitrogens with zero attached hydrogens (tertiary/aromatic N) is 1. The first-order chi connectivity index (χ1) is 8.22. The predicted octanol–water partition coefficient (Wildman–Crippen LogP) is 1.61. The van der Waals surface area contributed by atoms with E-state index in [1.54, 1.807) is 7.11 Å². The number of benzene rings is 1. The number of fused-ring (bicyclic) bond motifs is 1. The van der Waals surface area contributed by atoms with E-state index in [0.717, 1.165) is 28.6 Å². The van der Waals surface area contributed by atoms with Crippen molar-refractivity contribution in [2.75, 3.05) is 13.7 Å². The Kier molecular flexibility index (Phi) is 5.26. The molecule has 0 unspecified atom stereocenters. The fourth-order valence-electron chi connectivity index (χ4n) is 1.89. The summed E-state index contributed by atoms with van der Waals surface area (Å²) < 4.78 is 5.35. The molecule has 18 heavy (non-hydrogen) atoms. The van der Waals surface area contributed by atoms with Gasteiger partial charge < -0.3 is 21.2 Å². The van der Waals surface area contributed by atoms with Gasteiger partial charge in [0.2, 0.25) is 0 Å². The summed E-state index contributed by atoms with van der Waals surface area (Å²) in [6, 6.07) is 5.92. The molecule has 0 aliphatic rings. The molecule has 0 spiro atoms. The number of ether oxygens (including phenoxy) is 1. The molecule has 2 aromatic rings. The second-order valence-electron chi connectivity index (χ2n) is 3.75. The van der Waals surface area contributed by atoms with E-state index < -0.39 is 0 Å². The highest BCUT2D eigenvalue weighted by Crippen LogP contribution is 2.28. The lowest BCUT2D eigenvalue weighted by Gasteiger charge is -2.03. The molecular formula is C12H17IN4O. The number of aliphatic imine (C=N–C) groups is 1. The zero-order valence-corrected chi connectivity index (χ0v) is 12.5. The maximum absolute atomic E-state index is 5.35. The quantitative estimate of drug-likeness (QED) is 0.440. The number of aromatic nitrogens is 1. The van der Waals surface area contributed by atoms with Crippen molar-refractivity contribution >= 4 is 40.8 Å². The molecule has 0 aliphatic heterocycles. The third-order valence-electron chi connectivity index (χ3n) is 2.64. The number of methoxy groups -OCH3 is 1. The fourth-order valence-corrected chi connectivity index (χ4v) is 1.89. The van der Waals surface area contributed by atoms with Gasteiger partial charge in [0.05, 0.1) is 7.11 Å². The van der Waals surface area contributed by atoms with Crippen molar-refractivity contribution in [3.8, 4) is 5.75 Å². The lowest BCUT2D eigenvalue weighted by molar-refractivity contribution is 0.419. The van der Waals surface area contributed by atoms with Crippen LogP contribution >= 0.6 is 24.0 Å². The Labute approximate surface area is 123 Å². The van der Waals surface area contributed by atoms with Crippen LogP contribution in [0.3, 0.4) is 0 Å². The highest BCUT2D eigenvalue weighted by molar-refractivity contribution is 14.0. The van der Waals surface area contributed by atoms with Crippen molar-refractivity contribution in [3.05, 3.63) is 30.0 Å². The Morgan fingerprint density at radius 1 is 1.39 bits per heavy atom. The minimum absolute atomic E-state index is 0. The maximum atomic E-state index is 5.35. The van der Waals surface area contributed by atoms with Crippen molar-refractivity contribution < 1.29 is 4.74 Å².